The van der Waals surface area contributed by atoms with E-state index in [1.165, 1.54) is 0 Å². The molecular formula is C13H11BFO. The predicted octanol–water partition coefficient (Wildman–Crippen LogP) is 2.48. The molecule has 0 aliphatic carbocycles. The summed E-state index contributed by atoms with van der Waals surface area (Å²) in [5.74, 6) is 0.745. The summed E-state index contributed by atoms with van der Waals surface area (Å²) in [6.07, 6.45) is 0. The first-order valence-corrected chi connectivity index (χ1v) is 5.09. The van der Waals surface area contributed by atoms with Crippen molar-refractivity contribution in [2.24, 2.45) is 0 Å². The van der Waals surface area contributed by atoms with Gasteiger partial charge in [0.1, 0.15) is 12.4 Å². The monoisotopic (exact) mass is 213 g/mol. The Hall–Kier alpha value is -1.77. The van der Waals surface area contributed by atoms with E-state index < -0.39 is 0 Å². The van der Waals surface area contributed by atoms with Crippen molar-refractivity contribution in [3.8, 4) is 5.75 Å². The van der Waals surface area contributed by atoms with Crippen molar-refractivity contribution in [3.63, 3.8) is 0 Å². The summed E-state index contributed by atoms with van der Waals surface area (Å²) in [6.45, 7) is 0.527. The van der Waals surface area contributed by atoms with Crippen LogP contribution in [0.25, 0.3) is 0 Å². The Morgan fingerprint density at radius 2 is 1.62 bits per heavy atom. The largest absolute Gasteiger partial charge is 0.489 e. The molecule has 0 unspecified atom stereocenters. The molecule has 0 saturated carbocycles. The SMILES string of the molecule is F[B]c1ccc(OCc2ccccc2)cc1. The fraction of sp³-hybridized carbons (Fsp3) is 0.0769. The van der Waals surface area contributed by atoms with Gasteiger partial charge in [-0.3, -0.25) is 0 Å². The van der Waals surface area contributed by atoms with E-state index in [-0.39, 0.29) is 0 Å². The van der Waals surface area contributed by atoms with Crippen molar-refractivity contribution >= 4 is 13.0 Å². The van der Waals surface area contributed by atoms with Gasteiger partial charge >= 0.3 is 7.56 Å². The van der Waals surface area contributed by atoms with E-state index in [1.54, 1.807) is 24.3 Å². The van der Waals surface area contributed by atoms with Gasteiger partial charge in [0.15, 0.2) is 0 Å². The summed E-state index contributed by atoms with van der Waals surface area (Å²) in [5, 5.41) is 0. The Labute approximate surface area is 95.2 Å². The van der Waals surface area contributed by atoms with Gasteiger partial charge in [0, 0.05) is 0 Å². The maximum absolute atomic E-state index is 12.1. The highest BCUT2D eigenvalue weighted by molar-refractivity contribution is 6.46. The Morgan fingerprint density at radius 1 is 0.938 bits per heavy atom. The van der Waals surface area contributed by atoms with Crippen molar-refractivity contribution in [2.45, 2.75) is 6.61 Å². The lowest BCUT2D eigenvalue weighted by molar-refractivity contribution is 0.306. The molecule has 0 aromatic heterocycles. The summed E-state index contributed by atoms with van der Waals surface area (Å²) in [5.41, 5.74) is 1.66. The topological polar surface area (TPSA) is 9.23 Å². The van der Waals surface area contributed by atoms with E-state index in [9.17, 15) is 4.32 Å². The smallest absolute Gasteiger partial charge is 0.391 e. The third-order valence-corrected chi connectivity index (χ3v) is 2.25. The molecule has 0 spiro atoms. The number of ether oxygens (including phenoxy) is 1. The minimum Gasteiger partial charge on any atom is -0.489 e. The quantitative estimate of drug-likeness (QED) is 0.709. The summed E-state index contributed by atoms with van der Waals surface area (Å²) >= 11 is 0. The molecule has 16 heavy (non-hydrogen) atoms. The van der Waals surface area contributed by atoms with Crippen LogP contribution in [-0.4, -0.2) is 7.56 Å². The van der Waals surface area contributed by atoms with Crippen LogP contribution in [0.4, 0.5) is 4.32 Å². The lowest BCUT2D eigenvalue weighted by Gasteiger charge is -2.06. The lowest BCUT2D eigenvalue weighted by atomic mass is 9.92. The zero-order valence-electron chi connectivity index (χ0n) is 8.77. The maximum atomic E-state index is 12.1. The molecule has 0 aliphatic heterocycles. The molecular weight excluding hydrogens is 202 g/mol. The van der Waals surface area contributed by atoms with Crippen LogP contribution >= 0.6 is 0 Å². The Morgan fingerprint density at radius 3 is 2.25 bits per heavy atom. The number of hydrogen-bond donors (Lipinski definition) is 0. The Balaban J connectivity index is 1.94. The number of halogens is 1. The second-order valence-corrected chi connectivity index (χ2v) is 3.45. The van der Waals surface area contributed by atoms with Gasteiger partial charge in [0.05, 0.1) is 0 Å². The van der Waals surface area contributed by atoms with Crippen LogP contribution in [0.3, 0.4) is 0 Å². The van der Waals surface area contributed by atoms with Crippen LogP contribution < -0.4 is 10.2 Å². The van der Waals surface area contributed by atoms with Crippen molar-refractivity contribution in [1.82, 2.24) is 0 Å². The molecule has 0 aliphatic rings. The fourth-order valence-corrected chi connectivity index (χ4v) is 1.38. The molecule has 79 valence electrons. The number of rotatable bonds is 4. The third kappa shape index (κ3) is 2.86. The highest BCUT2D eigenvalue weighted by Gasteiger charge is 1.97. The highest BCUT2D eigenvalue weighted by atomic mass is 19.1. The summed E-state index contributed by atoms with van der Waals surface area (Å²) < 4.78 is 17.7. The average molecular weight is 213 g/mol. The normalized spacial score (nSPS) is 9.81. The van der Waals surface area contributed by atoms with Gasteiger partial charge < -0.3 is 9.05 Å². The molecule has 0 fully saturated rings. The van der Waals surface area contributed by atoms with Crippen LogP contribution in [0.2, 0.25) is 0 Å². The maximum Gasteiger partial charge on any atom is 0.391 e. The van der Waals surface area contributed by atoms with E-state index >= 15 is 0 Å². The molecule has 0 atom stereocenters. The van der Waals surface area contributed by atoms with Crippen molar-refractivity contribution in [1.29, 1.82) is 0 Å². The van der Waals surface area contributed by atoms with Gasteiger partial charge in [-0.05, 0) is 23.2 Å². The van der Waals surface area contributed by atoms with Gasteiger partial charge in [0.25, 0.3) is 0 Å². The zero-order valence-corrected chi connectivity index (χ0v) is 8.77. The summed E-state index contributed by atoms with van der Waals surface area (Å²) in [7, 11) is 0.570. The molecule has 1 radical (unpaired) electrons. The minimum absolute atomic E-state index is 0.527. The molecule has 0 amide bonds. The van der Waals surface area contributed by atoms with Crippen LogP contribution in [0.5, 0.6) is 5.75 Å². The van der Waals surface area contributed by atoms with E-state index in [2.05, 4.69) is 0 Å². The first-order chi connectivity index (χ1) is 7.88. The van der Waals surface area contributed by atoms with E-state index in [0.29, 0.717) is 19.6 Å². The zero-order chi connectivity index (χ0) is 11.2. The Bertz CT molecular complexity index is 427. The van der Waals surface area contributed by atoms with Gasteiger partial charge in [-0.2, -0.15) is 0 Å². The number of benzene rings is 2. The molecule has 0 bridgehead atoms. The van der Waals surface area contributed by atoms with Gasteiger partial charge in [0.2, 0.25) is 0 Å². The minimum atomic E-state index is 0.527. The van der Waals surface area contributed by atoms with Crippen LogP contribution in [0.1, 0.15) is 5.56 Å². The van der Waals surface area contributed by atoms with Crippen LogP contribution in [-0.2, 0) is 6.61 Å². The van der Waals surface area contributed by atoms with Gasteiger partial charge in [-0.1, -0.05) is 42.5 Å². The van der Waals surface area contributed by atoms with E-state index in [4.69, 9.17) is 4.74 Å². The second-order valence-electron chi connectivity index (χ2n) is 3.45. The highest BCUT2D eigenvalue weighted by Crippen LogP contribution is 2.10. The van der Waals surface area contributed by atoms with Gasteiger partial charge in [-0.25, -0.2) is 0 Å². The summed E-state index contributed by atoms with van der Waals surface area (Å²) in [6, 6.07) is 16.8. The second kappa shape index (κ2) is 5.35. The molecule has 2 rings (SSSR count). The fourth-order valence-electron chi connectivity index (χ4n) is 1.38. The lowest BCUT2D eigenvalue weighted by Crippen LogP contribution is -2.08. The first-order valence-electron chi connectivity index (χ1n) is 5.09. The van der Waals surface area contributed by atoms with Crippen LogP contribution in [0, 0.1) is 0 Å². The standard InChI is InChI=1S/C13H11BFO/c15-14-12-6-8-13(9-7-12)16-10-11-4-2-1-3-5-11/h1-9H,10H2. The van der Waals surface area contributed by atoms with Crippen LogP contribution in [0.15, 0.2) is 54.6 Å². The van der Waals surface area contributed by atoms with Crippen molar-refractivity contribution in [2.75, 3.05) is 0 Å². The molecule has 0 saturated heterocycles. The van der Waals surface area contributed by atoms with Gasteiger partial charge in [-0.15, -0.1) is 0 Å². The molecule has 0 N–H and O–H groups in total. The molecule has 1 nitrogen and oxygen atoms in total. The Kier molecular flexibility index (Phi) is 3.60. The predicted molar refractivity (Wildman–Crippen MR) is 63.7 cm³/mol. The first kappa shape index (κ1) is 10.7. The molecule has 3 heteroatoms. The third-order valence-electron chi connectivity index (χ3n) is 2.25. The average Bonchev–Trinajstić information content (AvgIpc) is 2.38. The summed E-state index contributed by atoms with van der Waals surface area (Å²) in [4.78, 5) is 0. The van der Waals surface area contributed by atoms with E-state index in [1.807, 2.05) is 30.3 Å². The molecule has 2 aromatic rings. The van der Waals surface area contributed by atoms with E-state index in [0.717, 1.165) is 11.3 Å². The molecule has 0 heterocycles. The molecule has 2 aromatic carbocycles. The number of hydrogen-bond acceptors (Lipinski definition) is 1. The van der Waals surface area contributed by atoms with Crippen molar-refractivity contribution < 1.29 is 9.05 Å². The van der Waals surface area contributed by atoms with Crippen molar-refractivity contribution in [3.05, 3.63) is 60.2 Å².